The van der Waals surface area contributed by atoms with Crippen LogP contribution in [0.2, 0.25) is 5.15 Å². The van der Waals surface area contributed by atoms with Crippen molar-refractivity contribution in [2.24, 2.45) is 0 Å². The molecule has 0 fully saturated rings. The molecule has 1 unspecified atom stereocenters. The molecule has 0 amide bonds. The summed E-state index contributed by atoms with van der Waals surface area (Å²) >= 11 is 10.2. The summed E-state index contributed by atoms with van der Waals surface area (Å²) in [4.78, 5) is 9.14. The summed E-state index contributed by atoms with van der Waals surface area (Å²) in [6.45, 7) is 1.99. The Morgan fingerprint density at radius 2 is 2.04 bits per heavy atom. The van der Waals surface area contributed by atoms with E-state index in [0.29, 0.717) is 11.5 Å². The largest absolute Gasteiger partial charge is 0.352 e. The molecule has 24 heavy (non-hydrogen) atoms. The first-order chi connectivity index (χ1) is 11.5. The fourth-order valence-electron chi connectivity index (χ4n) is 2.42. The lowest BCUT2D eigenvalue weighted by atomic mass is 10.2. The van der Waals surface area contributed by atoms with Crippen LogP contribution in [0.3, 0.4) is 0 Å². The topological polar surface area (TPSA) is 46.0 Å². The van der Waals surface area contributed by atoms with E-state index in [1.165, 1.54) is 0 Å². The molecule has 0 radical (unpaired) electrons. The summed E-state index contributed by atoms with van der Waals surface area (Å²) in [6, 6.07) is 9.99. The minimum Gasteiger partial charge on any atom is -0.352 e. The number of hydrogen-bond donors (Lipinski definition) is 1. The van der Waals surface area contributed by atoms with Crippen LogP contribution in [0.5, 0.6) is 0 Å². The summed E-state index contributed by atoms with van der Waals surface area (Å²) in [6.07, 6.45) is 2.57. The third-order valence-electron chi connectivity index (χ3n) is 3.62. The Morgan fingerprint density at radius 3 is 2.75 bits per heavy atom. The number of nitrogens with zero attached hydrogens (tertiary/aromatic N) is 4. The van der Waals surface area contributed by atoms with Gasteiger partial charge in [0.2, 0.25) is 0 Å². The molecule has 5 nitrogen and oxygen atoms in total. The average molecular weight is 492 g/mol. The molecular formula is C15H16ClIN5PS. The van der Waals surface area contributed by atoms with Gasteiger partial charge in [0.05, 0.1) is 23.4 Å². The van der Waals surface area contributed by atoms with Crippen LogP contribution in [0, 0.1) is 6.92 Å². The molecule has 3 rings (SSSR count). The van der Waals surface area contributed by atoms with Crippen molar-refractivity contribution >= 4 is 80.2 Å². The van der Waals surface area contributed by atoms with Gasteiger partial charge < -0.3 is 9.62 Å². The molecule has 9 heteroatoms. The maximum Gasteiger partial charge on any atom is 0.167 e. The number of para-hydroxylation sites is 2. The predicted octanol–water partition coefficient (Wildman–Crippen LogP) is 5.64. The van der Waals surface area contributed by atoms with E-state index in [1.54, 1.807) is 11.9 Å². The fourth-order valence-corrected chi connectivity index (χ4v) is 5.11. The van der Waals surface area contributed by atoms with Gasteiger partial charge in [-0.1, -0.05) is 35.7 Å². The van der Waals surface area contributed by atoms with Crippen molar-refractivity contribution in [3.8, 4) is 0 Å². The molecule has 1 N–H and O–H groups in total. The number of fused-ring (bicyclic) bond motifs is 1. The SMILES string of the molecule is CSN(C)c1ccccc1Nc1cc(Cl)nc2c1nc(C)n2PI. The molecule has 0 aliphatic carbocycles. The number of pyridine rings is 1. The Morgan fingerprint density at radius 1 is 1.29 bits per heavy atom. The highest BCUT2D eigenvalue weighted by molar-refractivity contribution is 14.2. The van der Waals surface area contributed by atoms with Crippen LogP contribution >= 0.6 is 52.0 Å². The second-order valence-electron chi connectivity index (χ2n) is 5.07. The maximum absolute atomic E-state index is 6.25. The number of anilines is 3. The lowest BCUT2D eigenvalue weighted by Gasteiger charge is -2.20. The zero-order valence-corrected chi connectivity index (χ0v) is 18.1. The first kappa shape index (κ1) is 18.0. The van der Waals surface area contributed by atoms with E-state index in [-0.39, 0.29) is 0 Å². The van der Waals surface area contributed by atoms with Gasteiger partial charge in [-0.05, 0) is 41.1 Å². The van der Waals surface area contributed by atoms with Gasteiger partial charge in [-0.25, -0.2) is 9.97 Å². The van der Waals surface area contributed by atoms with Crippen molar-refractivity contribution in [3.63, 3.8) is 0 Å². The monoisotopic (exact) mass is 491 g/mol. The summed E-state index contributed by atoms with van der Waals surface area (Å²) in [5.74, 6) is 0.935. The first-order valence-electron chi connectivity index (χ1n) is 7.11. The summed E-state index contributed by atoms with van der Waals surface area (Å²) in [5.41, 5.74) is 4.61. The quantitative estimate of drug-likeness (QED) is 0.217. The molecular weight excluding hydrogens is 476 g/mol. The van der Waals surface area contributed by atoms with Crippen LogP contribution in [-0.2, 0) is 0 Å². The van der Waals surface area contributed by atoms with Gasteiger partial charge in [0.25, 0.3) is 0 Å². The molecule has 1 atom stereocenters. The highest BCUT2D eigenvalue weighted by atomic mass is 127. The standard InChI is InChI=1S/C15H16ClIN5PS/c1-9-18-14-11(8-13(16)20-15(14)22(9)23-17)19-10-6-4-5-7-12(10)21(2)24-3/h4-8,23H,1-3H3,(H,19,20). The lowest BCUT2D eigenvalue weighted by Crippen LogP contribution is -2.07. The zero-order chi connectivity index (χ0) is 17.3. The van der Waals surface area contributed by atoms with Gasteiger partial charge in [0, 0.05) is 19.4 Å². The molecule has 0 spiro atoms. The van der Waals surface area contributed by atoms with E-state index in [2.05, 4.69) is 52.0 Å². The third-order valence-corrected chi connectivity index (χ3v) is 6.71. The van der Waals surface area contributed by atoms with Gasteiger partial charge in [-0.3, -0.25) is 4.34 Å². The van der Waals surface area contributed by atoms with Crippen molar-refractivity contribution in [1.82, 2.24) is 14.3 Å². The number of benzene rings is 1. The molecule has 3 aromatic rings. The fraction of sp³-hybridized carbons (Fsp3) is 0.200. The van der Waals surface area contributed by atoms with E-state index < -0.39 is 0 Å². The van der Waals surface area contributed by atoms with E-state index in [4.69, 9.17) is 11.6 Å². The van der Waals surface area contributed by atoms with E-state index >= 15 is 0 Å². The average Bonchev–Trinajstić information content (AvgIpc) is 2.90. The van der Waals surface area contributed by atoms with Crippen LogP contribution in [0.25, 0.3) is 11.2 Å². The Balaban J connectivity index is 2.12. The lowest BCUT2D eigenvalue weighted by molar-refractivity contribution is 1.10. The number of halogens is 2. The molecule has 2 aromatic heterocycles. The highest BCUT2D eigenvalue weighted by Gasteiger charge is 2.15. The number of nitrogens with one attached hydrogen (secondary N) is 1. The van der Waals surface area contributed by atoms with Crippen LogP contribution < -0.4 is 9.62 Å². The van der Waals surface area contributed by atoms with Crippen molar-refractivity contribution < 1.29 is 0 Å². The van der Waals surface area contributed by atoms with E-state index in [0.717, 1.165) is 34.1 Å². The van der Waals surface area contributed by atoms with Crippen LogP contribution in [0.1, 0.15) is 5.82 Å². The molecule has 0 saturated carbocycles. The van der Waals surface area contributed by atoms with Crippen molar-refractivity contribution in [3.05, 3.63) is 41.3 Å². The smallest absolute Gasteiger partial charge is 0.167 e. The number of hydrogen-bond acceptors (Lipinski definition) is 5. The van der Waals surface area contributed by atoms with Crippen molar-refractivity contribution in [1.29, 1.82) is 0 Å². The van der Waals surface area contributed by atoms with Crippen LogP contribution in [0.4, 0.5) is 17.1 Å². The molecule has 0 saturated heterocycles. The minimum atomic E-state index is 0.455. The normalized spacial score (nSPS) is 11.5. The van der Waals surface area contributed by atoms with Gasteiger partial charge >= 0.3 is 0 Å². The molecule has 1 aromatic carbocycles. The summed E-state index contributed by atoms with van der Waals surface area (Å²) < 4.78 is 4.19. The Kier molecular flexibility index (Phi) is 5.74. The van der Waals surface area contributed by atoms with Gasteiger partial charge in [-0.15, -0.1) is 0 Å². The number of rotatable bonds is 5. The molecule has 0 aliphatic rings. The second-order valence-corrected chi connectivity index (χ2v) is 8.43. The Hall–Kier alpha value is -0.760. The molecule has 2 heterocycles. The molecule has 0 aliphatic heterocycles. The van der Waals surface area contributed by atoms with Crippen LogP contribution in [-0.4, -0.2) is 27.6 Å². The number of imidazole rings is 1. The third kappa shape index (κ3) is 3.45. The molecule has 0 bridgehead atoms. The van der Waals surface area contributed by atoms with Gasteiger partial charge in [0.15, 0.2) is 5.65 Å². The highest BCUT2D eigenvalue weighted by Crippen LogP contribution is 2.37. The number of aromatic nitrogens is 3. The second kappa shape index (κ2) is 7.64. The van der Waals surface area contributed by atoms with Gasteiger partial charge in [0.1, 0.15) is 16.5 Å². The Bertz CT molecular complexity index is 888. The van der Waals surface area contributed by atoms with E-state index in [9.17, 15) is 0 Å². The first-order valence-corrected chi connectivity index (χ1v) is 12.7. The van der Waals surface area contributed by atoms with Crippen molar-refractivity contribution in [2.45, 2.75) is 6.92 Å². The zero-order valence-electron chi connectivity index (χ0n) is 13.3. The summed E-state index contributed by atoms with van der Waals surface area (Å²) in [7, 11) is 2.04. The number of aryl methyl sites for hydroxylation is 1. The molecule has 126 valence electrons. The van der Waals surface area contributed by atoms with Crippen LogP contribution in [0.15, 0.2) is 30.3 Å². The predicted molar refractivity (Wildman–Crippen MR) is 117 cm³/mol. The Labute approximate surface area is 165 Å². The minimum absolute atomic E-state index is 0.455. The maximum atomic E-state index is 6.25. The van der Waals surface area contributed by atoms with Gasteiger partial charge in [-0.2, -0.15) is 0 Å². The summed E-state index contributed by atoms with van der Waals surface area (Å²) in [5, 5.41) is 3.94. The van der Waals surface area contributed by atoms with Crippen molar-refractivity contribution in [2.75, 3.05) is 22.9 Å². The van der Waals surface area contributed by atoms with E-state index in [1.807, 2.05) is 44.5 Å².